The van der Waals surface area contributed by atoms with E-state index in [0.29, 0.717) is 0 Å². The molecule has 1 heterocycles. The molecule has 0 saturated carbocycles. The Morgan fingerprint density at radius 3 is 2.47 bits per heavy atom. The number of hydrogen-bond acceptors (Lipinski definition) is 4. The van der Waals surface area contributed by atoms with Crippen molar-refractivity contribution in [2.45, 2.75) is 19.9 Å². The molecular formula is C15H19NO2S. The van der Waals surface area contributed by atoms with Crippen molar-refractivity contribution >= 4 is 17.0 Å². The standard InChI is InChI=1S/C15H19NO2S/c1-4-12-6-7-13(19-12)10-16-14-8-5-11(17-2)9-15(14)18-3/h5-9,16H,4,10H2,1-3H3. The van der Waals surface area contributed by atoms with Crippen LogP contribution in [0.25, 0.3) is 0 Å². The van der Waals surface area contributed by atoms with Gasteiger partial charge in [-0.25, -0.2) is 0 Å². The van der Waals surface area contributed by atoms with Crippen molar-refractivity contribution in [3.05, 3.63) is 40.1 Å². The number of aryl methyl sites for hydroxylation is 1. The lowest BCUT2D eigenvalue weighted by Crippen LogP contribution is -2.00. The molecule has 1 aromatic carbocycles. The highest BCUT2D eigenvalue weighted by Crippen LogP contribution is 2.29. The van der Waals surface area contributed by atoms with Gasteiger partial charge in [0.2, 0.25) is 0 Å². The van der Waals surface area contributed by atoms with Gasteiger partial charge in [-0.1, -0.05) is 6.92 Å². The number of nitrogens with one attached hydrogen (secondary N) is 1. The normalized spacial score (nSPS) is 10.3. The maximum absolute atomic E-state index is 5.36. The summed E-state index contributed by atoms with van der Waals surface area (Å²) in [5, 5.41) is 3.40. The molecule has 3 nitrogen and oxygen atoms in total. The number of ether oxygens (including phenoxy) is 2. The van der Waals surface area contributed by atoms with Gasteiger partial charge >= 0.3 is 0 Å². The first-order chi connectivity index (χ1) is 9.26. The minimum atomic E-state index is 0.798. The minimum absolute atomic E-state index is 0.798. The summed E-state index contributed by atoms with van der Waals surface area (Å²) in [6.45, 7) is 2.99. The highest BCUT2D eigenvalue weighted by atomic mass is 32.1. The summed E-state index contributed by atoms with van der Waals surface area (Å²) in [4.78, 5) is 2.74. The summed E-state index contributed by atoms with van der Waals surface area (Å²) < 4.78 is 10.6. The summed E-state index contributed by atoms with van der Waals surface area (Å²) in [7, 11) is 3.32. The predicted molar refractivity (Wildman–Crippen MR) is 80.6 cm³/mol. The van der Waals surface area contributed by atoms with Crippen LogP contribution < -0.4 is 14.8 Å². The fourth-order valence-corrected chi connectivity index (χ4v) is 2.73. The van der Waals surface area contributed by atoms with Crippen LogP contribution in [0.2, 0.25) is 0 Å². The van der Waals surface area contributed by atoms with E-state index in [1.807, 2.05) is 29.5 Å². The van der Waals surface area contributed by atoms with E-state index >= 15 is 0 Å². The van der Waals surface area contributed by atoms with E-state index in [-0.39, 0.29) is 0 Å². The Balaban J connectivity index is 2.06. The lowest BCUT2D eigenvalue weighted by Gasteiger charge is -2.11. The fourth-order valence-electron chi connectivity index (χ4n) is 1.83. The Bertz CT molecular complexity index is 537. The van der Waals surface area contributed by atoms with Crippen molar-refractivity contribution < 1.29 is 9.47 Å². The zero-order chi connectivity index (χ0) is 13.7. The number of anilines is 1. The molecule has 102 valence electrons. The Labute approximate surface area is 118 Å². The van der Waals surface area contributed by atoms with Crippen LogP contribution in [0.15, 0.2) is 30.3 Å². The monoisotopic (exact) mass is 277 g/mol. The number of rotatable bonds is 6. The number of thiophene rings is 1. The van der Waals surface area contributed by atoms with Crippen molar-refractivity contribution in [3.8, 4) is 11.5 Å². The zero-order valence-corrected chi connectivity index (χ0v) is 12.3. The lowest BCUT2D eigenvalue weighted by atomic mass is 10.2. The molecule has 0 amide bonds. The molecule has 0 fully saturated rings. The molecule has 0 atom stereocenters. The second-order valence-corrected chi connectivity index (χ2v) is 5.39. The van der Waals surface area contributed by atoms with Gasteiger partial charge in [-0.2, -0.15) is 0 Å². The molecule has 1 N–H and O–H groups in total. The first kappa shape index (κ1) is 13.7. The molecule has 0 saturated heterocycles. The SMILES string of the molecule is CCc1ccc(CNc2ccc(OC)cc2OC)s1. The third-order valence-corrected chi connectivity index (χ3v) is 4.16. The van der Waals surface area contributed by atoms with Gasteiger partial charge in [-0.15, -0.1) is 11.3 Å². The predicted octanol–water partition coefficient (Wildman–Crippen LogP) is 3.94. The molecule has 19 heavy (non-hydrogen) atoms. The summed E-state index contributed by atoms with van der Waals surface area (Å²) >= 11 is 1.85. The molecular weight excluding hydrogens is 258 g/mol. The fraction of sp³-hybridized carbons (Fsp3) is 0.333. The van der Waals surface area contributed by atoms with E-state index < -0.39 is 0 Å². The average molecular weight is 277 g/mol. The molecule has 0 aliphatic carbocycles. The van der Waals surface area contributed by atoms with Gasteiger partial charge in [-0.05, 0) is 30.7 Å². The molecule has 0 spiro atoms. The molecule has 0 bridgehead atoms. The first-order valence-corrected chi connectivity index (χ1v) is 7.12. The number of hydrogen-bond donors (Lipinski definition) is 1. The molecule has 4 heteroatoms. The minimum Gasteiger partial charge on any atom is -0.497 e. The Morgan fingerprint density at radius 1 is 1.05 bits per heavy atom. The van der Waals surface area contributed by atoms with Crippen LogP contribution in [0.1, 0.15) is 16.7 Å². The Hall–Kier alpha value is -1.68. The topological polar surface area (TPSA) is 30.5 Å². The largest absolute Gasteiger partial charge is 0.497 e. The van der Waals surface area contributed by atoms with Crippen molar-refractivity contribution in [2.75, 3.05) is 19.5 Å². The Morgan fingerprint density at radius 2 is 1.84 bits per heavy atom. The molecule has 0 aliphatic rings. The van der Waals surface area contributed by atoms with E-state index in [1.54, 1.807) is 14.2 Å². The molecule has 0 radical (unpaired) electrons. The van der Waals surface area contributed by atoms with Gasteiger partial charge in [-0.3, -0.25) is 0 Å². The van der Waals surface area contributed by atoms with Gasteiger partial charge in [0.25, 0.3) is 0 Å². The quantitative estimate of drug-likeness (QED) is 0.867. The highest BCUT2D eigenvalue weighted by Gasteiger charge is 2.05. The first-order valence-electron chi connectivity index (χ1n) is 6.30. The second-order valence-electron chi connectivity index (χ2n) is 4.14. The second kappa shape index (κ2) is 6.48. The molecule has 2 aromatic rings. The van der Waals surface area contributed by atoms with Crippen molar-refractivity contribution in [3.63, 3.8) is 0 Å². The summed E-state index contributed by atoms with van der Waals surface area (Å²) in [5.74, 6) is 1.60. The van der Waals surface area contributed by atoms with Crippen LogP contribution in [0.3, 0.4) is 0 Å². The van der Waals surface area contributed by atoms with Gasteiger partial charge in [0.15, 0.2) is 0 Å². The summed E-state index contributed by atoms with van der Waals surface area (Å²) in [5.41, 5.74) is 0.981. The molecule has 2 rings (SSSR count). The van der Waals surface area contributed by atoms with Gasteiger partial charge in [0.05, 0.1) is 19.9 Å². The van der Waals surface area contributed by atoms with Crippen LogP contribution in [0, 0.1) is 0 Å². The van der Waals surface area contributed by atoms with Crippen LogP contribution in [0.4, 0.5) is 5.69 Å². The van der Waals surface area contributed by atoms with E-state index in [2.05, 4.69) is 24.4 Å². The summed E-state index contributed by atoms with van der Waals surface area (Å²) in [6, 6.07) is 10.1. The van der Waals surface area contributed by atoms with Gasteiger partial charge in [0, 0.05) is 22.4 Å². The third-order valence-electron chi connectivity index (χ3n) is 2.93. The van der Waals surface area contributed by atoms with E-state index in [9.17, 15) is 0 Å². The summed E-state index contributed by atoms with van der Waals surface area (Å²) in [6.07, 6.45) is 1.09. The van der Waals surface area contributed by atoms with Crippen molar-refractivity contribution in [2.24, 2.45) is 0 Å². The highest BCUT2D eigenvalue weighted by molar-refractivity contribution is 7.12. The van der Waals surface area contributed by atoms with Crippen LogP contribution >= 0.6 is 11.3 Å². The molecule has 1 aromatic heterocycles. The molecule has 0 aliphatic heterocycles. The lowest BCUT2D eigenvalue weighted by molar-refractivity contribution is 0.395. The third kappa shape index (κ3) is 3.41. The van der Waals surface area contributed by atoms with E-state index in [1.165, 1.54) is 9.75 Å². The van der Waals surface area contributed by atoms with Gasteiger partial charge in [0.1, 0.15) is 11.5 Å². The van der Waals surface area contributed by atoms with Crippen LogP contribution in [-0.2, 0) is 13.0 Å². The van der Waals surface area contributed by atoms with Crippen molar-refractivity contribution in [1.82, 2.24) is 0 Å². The van der Waals surface area contributed by atoms with Crippen LogP contribution in [-0.4, -0.2) is 14.2 Å². The van der Waals surface area contributed by atoms with E-state index in [4.69, 9.17) is 9.47 Å². The average Bonchev–Trinajstić information content (AvgIpc) is 2.92. The maximum atomic E-state index is 5.36. The number of methoxy groups -OCH3 is 2. The van der Waals surface area contributed by atoms with Gasteiger partial charge < -0.3 is 14.8 Å². The maximum Gasteiger partial charge on any atom is 0.145 e. The van der Waals surface area contributed by atoms with E-state index in [0.717, 1.165) is 30.2 Å². The Kier molecular flexibility index (Phi) is 4.68. The molecule has 0 unspecified atom stereocenters. The zero-order valence-electron chi connectivity index (χ0n) is 11.5. The smallest absolute Gasteiger partial charge is 0.145 e. The van der Waals surface area contributed by atoms with Crippen LogP contribution in [0.5, 0.6) is 11.5 Å². The number of benzene rings is 1. The van der Waals surface area contributed by atoms with Crippen molar-refractivity contribution in [1.29, 1.82) is 0 Å².